The van der Waals surface area contributed by atoms with Crippen LogP contribution in [0.1, 0.15) is 24.1 Å². The molecule has 0 atom stereocenters. The van der Waals surface area contributed by atoms with E-state index < -0.39 is 0 Å². The van der Waals surface area contributed by atoms with Crippen LogP contribution in [0.4, 0.5) is 9.80 Å². The van der Waals surface area contributed by atoms with Gasteiger partial charge in [-0.1, -0.05) is 0 Å². The van der Waals surface area contributed by atoms with E-state index >= 15 is 0 Å². The number of rotatable bonds is 4. The van der Waals surface area contributed by atoms with Crippen molar-refractivity contribution in [3.63, 3.8) is 0 Å². The van der Waals surface area contributed by atoms with Gasteiger partial charge < -0.3 is 5.32 Å². The van der Waals surface area contributed by atoms with Gasteiger partial charge in [0, 0.05) is 12.6 Å². The number of carbonyl (C=O) groups is 1. The summed E-state index contributed by atoms with van der Waals surface area (Å²) in [7, 11) is 0. The molecule has 2 aromatic rings. The van der Waals surface area contributed by atoms with E-state index in [0.29, 0.717) is 13.1 Å². The average Bonchev–Trinajstić information content (AvgIpc) is 3.00. The lowest BCUT2D eigenvalue weighted by molar-refractivity contribution is 0.251. The zero-order chi connectivity index (χ0) is 15.4. The van der Waals surface area contributed by atoms with Gasteiger partial charge in [0.25, 0.3) is 5.56 Å². The summed E-state index contributed by atoms with van der Waals surface area (Å²) in [5.41, 5.74) is 2.01. The molecule has 2 heterocycles. The second kappa shape index (κ2) is 6.74. The molecule has 0 aromatic carbocycles. The van der Waals surface area contributed by atoms with Crippen LogP contribution in [0.15, 0.2) is 28.4 Å². The molecule has 0 saturated carbocycles. The largest absolute Gasteiger partial charge is 0.336 e. The molecule has 1 aliphatic rings. The summed E-state index contributed by atoms with van der Waals surface area (Å²) in [6.45, 7) is 0.743. The first kappa shape index (κ1) is 14.8. The fourth-order valence-electron chi connectivity index (χ4n) is 2.54. The van der Waals surface area contributed by atoms with Crippen LogP contribution in [0.2, 0.25) is 0 Å². The molecule has 22 heavy (non-hydrogen) atoms. The van der Waals surface area contributed by atoms with Crippen molar-refractivity contribution < 1.29 is 4.79 Å². The summed E-state index contributed by atoms with van der Waals surface area (Å²) in [4.78, 5) is 23.7. The minimum absolute atomic E-state index is 0.0962. The van der Waals surface area contributed by atoms with Gasteiger partial charge in [0.2, 0.25) is 0 Å². The minimum Gasteiger partial charge on any atom is -0.336 e. The summed E-state index contributed by atoms with van der Waals surface area (Å²) in [5.74, 6) is 0. The van der Waals surface area contributed by atoms with Crippen molar-refractivity contribution >= 4 is 22.4 Å². The molecule has 0 fully saturated rings. The summed E-state index contributed by atoms with van der Waals surface area (Å²) in [5, 5.41) is 12.6. The highest BCUT2D eigenvalue weighted by molar-refractivity contribution is 7.14. The Bertz CT molecular complexity index is 709. The Morgan fingerprint density at radius 3 is 3.05 bits per heavy atom. The van der Waals surface area contributed by atoms with Crippen molar-refractivity contribution in [2.75, 3.05) is 11.9 Å². The zero-order valence-electron chi connectivity index (χ0n) is 12.2. The first-order valence-electron chi connectivity index (χ1n) is 7.40. The number of carbonyl (C=O) groups excluding carboxylic acids is 1. The Hall–Kier alpha value is -2.15. The summed E-state index contributed by atoms with van der Waals surface area (Å²) in [6.07, 6.45) is 4.13. The molecule has 0 aliphatic heterocycles. The molecule has 0 bridgehead atoms. The highest BCUT2D eigenvalue weighted by Crippen LogP contribution is 2.16. The fourth-order valence-corrected chi connectivity index (χ4v) is 3.15. The Balaban J connectivity index is 1.55. The number of anilines is 1. The van der Waals surface area contributed by atoms with E-state index in [1.165, 1.54) is 16.0 Å². The third-order valence-corrected chi connectivity index (χ3v) is 4.43. The van der Waals surface area contributed by atoms with Crippen LogP contribution in [-0.4, -0.2) is 22.4 Å². The molecular weight excluding hydrogens is 300 g/mol. The van der Waals surface area contributed by atoms with Crippen molar-refractivity contribution in [3.8, 4) is 0 Å². The number of hydrogen-bond acceptors (Lipinski definition) is 4. The maximum Gasteiger partial charge on any atom is 0.319 e. The summed E-state index contributed by atoms with van der Waals surface area (Å²) < 4.78 is 1.44. The van der Waals surface area contributed by atoms with E-state index in [-0.39, 0.29) is 11.6 Å². The number of thiophene rings is 1. The third kappa shape index (κ3) is 3.54. The predicted molar refractivity (Wildman–Crippen MR) is 86.5 cm³/mol. The SMILES string of the molecule is O=C(NCCn1nc2c(cc1=O)CCCC2)Nc1cccs1. The molecule has 2 amide bonds. The van der Waals surface area contributed by atoms with Crippen molar-refractivity contribution in [1.82, 2.24) is 15.1 Å². The lowest BCUT2D eigenvalue weighted by Crippen LogP contribution is -2.35. The molecule has 0 saturated heterocycles. The van der Waals surface area contributed by atoms with E-state index in [2.05, 4.69) is 15.7 Å². The molecule has 2 N–H and O–H groups in total. The molecule has 1 aliphatic carbocycles. The van der Waals surface area contributed by atoms with Crippen LogP contribution in [0.3, 0.4) is 0 Å². The van der Waals surface area contributed by atoms with Crippen molar-refractivity contribution in [2.45, 2.75) is 32.2 Å². The highest BCUT2D eigenvalue weighted by atomic mass is 32.1. The van der Waals surface area contributed by atoms with Crippen molar-refractivity contribution in [3.05, 3.63) is 45.2 Å². The number of aromatic nitrogens is 2. The van der Waals surface area contributed by atoms with E-state index in [1.807, 2.05) is 17.5 Å². The topological polar surface area (TPSA) is 76.0 Å². The van der Waals surface area contributed by atoms with Crippen LogP contribution in [0.5, 0.6) is 0 Å². The first-order valence-corrected chi connectivity index (χ1v) is 8.28. The maximum absolute atomic E-state index is 12.0. The molecule has 0 unspecified atom stereocenters. The predicted octanol–water partition coefficient (Wildman–Crippen LogP) is 2.01. The Labute approximate surface area is 132 Å². The molecule has 3 rings (SSSR count). The first-order chi connectivity index (χ1) is 10.7. The van der Waals surface area contributed by atoms with Crippen LogP contribution in [-0.2, 0) is 19.4 Å². The lowest BCUT2D eigenvalue weighted by atomic mass is 9.97. The third-order valence-electron chi connectivity index (χ3n) is 3.64. The van der Waals surface area contributed by atoms with E-state index in [9.17, 15) is 9.59 Å². The van der Waals surface area contributed by atoms with Gasteiger partial charge in [0.15, 0.2) is 0 Å². The minimum atomic E-state index is -0.270. The number of aryl methyl sites for hydroxylation is 2. The van der Waals surface area contributed by atoms with Crippen LogP contribution >= 0.6 is 11.3 Å². The Morgan fingerprint density at radius 1 is 1.36 bits per heavy atom. The van der Waals surface area contributed by atoms with Crippen molar-refractivity contribution in [2.24, 2.45) is 0 Å². The van der Waals surface area contributed by atoms with Gasteiger partial charge >= 0.3 is 6.03 Å². The monoisotopic (exact) mass is 318 g/mol. The second-order valence-corrected chi connectivity index (χ2v) is 6.19. The number of hydrogen-bond donors (Lipinski definition) is 2. The summed E-state index contributed by atoms with van der Waals surface area (Å²) >= 11 is 1.46. The van der Waals surface area contributed by atoms with Crippen LogP contribution in [0, 0.1) is 0 Å². The number of nitrogens with zero attached hydrogens (tertiary/aromatic N) is 2. The average molecular weight is 318 g/mol. The molecule has 0 radical (unpaired) electrons. The fraction of sp³-hybridized carbons (Fsp3) is 0.400. The van der Waals surface area contributed by atoms with Gasteiger partial charge in [-0.3, -0.25) is 10.1 Å². The van der Waals surface area contributed by atoms with E-state index in [4.69, 9.17) is 0 Å². The molecule has 116 valence electrons. The summed E-state index contributed by atoms with van der Waals surface area (Å²) in [6, 6.07) is 5.12. The normalized spacial score (nSPS) is 13.5. The second-order valence-electron chi connectivity index (χ2n) is 5.24. The Morgan fingerprint density at radius 2 is 2.23 bits per heavy atom. The molecule has 2 aromatic heterocycles. The lowest BCUT2D eigenvalue weighted by Gasteiger charge is -2.16. The van der Waals surface area contributed by atoms with Gasteiger partial charge in [-0.05, 0) is 48.8 Å². The number of urea groups is 1. The quantitative estimate of drug-likeness (QED) is 0.905. The smallest absolute Gasteiger partial charge is 0.319 e. The molecule has 7 heteroatoms. The maximum atomic E-state index is 12.0. The molecular formula is C15H18N4O2S. The van der Waals surface area contributed by atoms with Gasteiger partial charge in [0.05, 0.1) is 17.2 Å². The van der Waals surface area contributed by atoms with Crippen molar-refractivity contribution in [1.29, 1.82) is 0 Å². The number of amides is 2. The van der Waals surface area contributed by atoms with E-state index in [0.717, 1.165) is 41.9 Å². The van der Waals surface area contributed by atoms with E-state index in [1.54, 1.807) is 6.07 Å². The van der Waals surface area contributed by atoms with Crippen LogP contribution < -0.4 is 16.2 Å². The highest BCUT2D eigenvalue weighted by Gasteiger charge is 2.13. The molecule has 0 spiro atoms. The van der Waals surface area contributed by atoms with Gasteiger partial charge in [0.1, 0.15) is 0 Å². The van der Waals surface area contributed by atoms with Gasteiger partial charge in [-0.15, -0.1) is 11.3 Å². The standard InChI is InChI=1S/C15H18N4O2S/c20-14-10-11-4-1-2-5-12(11)18-19(14)8-7-16-15(21)17-13-6-3-9-22-13/h3,6,9-10H,1-2,4-5,7-8H2,(H2,16,17,21). The number of nitrogens with one attached hydrogen (secondary N) is 2. The van der Waals surface area contributed by atoms with Gasteiger partial charge in [-0.25, -0.2) is 9.48 Å². The van der Waals surface area contributed by atoms with Gasteiger partial charge in [-0.2, -0.15) is 5.10 Å². The zero-order valence-corrected chi connectivity index (χ0v) is 13.0. The van der Waals surface area contributed by atoms with Crippen LogP contribution in [0.25, 0.3) is 0 Å². The Kier molecular flexibility index (Phi) is 4.53. The molecule has 6 nitrogen and oxygen atoms in total. The number of fused-ring (bicyclic) bond motifs is 1.